The fraction of sp³-hybridized carbons (Fsp3) is 0.143. The lowest BCUT2D eigenvalue weighted by atomic mass is 10.3. The summed E-state index contributed by atoms with van der Waals surface area (Å²) in [6, 6.07) is 3.04. The zero-order valence-electron chi connectivity index (χ0n) is 5.90. The van der Waals surface area contributed by atoms with Gasteiger partial charge in [-0.3, -0.25) is 0 Å². The maximum absolute atomic E-state index is 10.4. The summed E-state index contributed by atoms with van der Waals surface area (Å²) < 4.78 is 1.84. The first-order valence-electron chi connectivity index (χ1n) is 3.00. The Bertz CT molecular complexity index is 343. The van der Waals surface area contributed by atoms with Crippen molar-refractivity contribution < 1.29 is 9.90 Å². The van der Waals surface area contributed by atoms with E-state index in [2.05, 4.69) is 0 Å². The van der Waals surface area contributed by atoms with Gasteiger partial charge in [0.15, 0.2) is 0 Å². The molecule has 1 aromatic heterocycles. The third kappa shape index (κ3) is 1.46. The first-order valence-corrected chi connectivity index (χ1v) is 3.40. The summed E-state index contributed by atoms with van der Waals surface area (Å²) in [5.41, 5.74) is 0.0602. The minimum atomic E-state index is -1.23. The smallest absolute Gasteiger partial charge is 0.114 e. The molecule has 0 aliphatic rings. The molecule has 0 atom stereocenters. The second-order valence-electron chi connectivity index (χ2n) is 2.13. The van der Waals surface area contributed by atoms with Crippen molar-refractivity contribution in [2.75, 3.05) is 0 Å². The first-order chi connectivity index (χ1) is 5.13. The SMILES string of the molecule is Cn1cccc(C(=O)[O-])c1=S. The van der Waals surface area contributed by atoms with Crippen LogP contribution in [0.15, 0.2) is 18.3 Å². The minimum absolute atomic E-state index is 0.0602. The van der Waals surface area contributed by atoms with Crippen molar-refractivity contribution in [1.29, 1.82) is 0 Å². The molecule has 0 bridgehead atoms. The molecular formula is C7H6NO2S-. The van der Waals surface area contributed by atoms with E-state index in [4.69, 9.17) is 12.2 Å². The summed E-state index contributed by atoms with van der Waals surface area (Å²) >= 11 is 4.81. The summed E-state index contributed by atoms with van der Waals surface area (Å²) in [6.45, 7) is 0. The van der Waals surface area contributed by atoms with Crippen molar-refractivity contribution in [3.05, 3.63) is 28.5 Å². The molecule has 0 fully saturated rings. The lowest BCUT2D eigenvalue weighted by Gasteiger charge is -2.04. The lowest BCUT2D eigenvalue weighted by Crippen LogP contribution is -2.23. The number of aromatic nitrogens is 1. The predicted molar refractivity (Wildman–Crippen MR) is 40.6 cm³/mol. The van der Waals surface area contributed by atoms with Gasteiger partial charge >= 0.3 is 0 Å². The molecule has 0 saturated carbocycles. The highest BCUT2D eigenvalue weighted by atomic mass is 32.1. The average molecular weight is 168 g/mol. The minimum Gasteiger partial charge on any atom is -0.545 e. The Kier molecular flexibility index (Phi) is 2.05. The number of aryl methyl sites for hydroxylation is 1. The van der Waals surface area contributed by atoms with E-state index in [1.807, 2.05) is 0 Å². The second kappa shape index (κ2) is 2.84. The molecule has 1 heterocycles. The molecule has 0 unspecified atom stereocenters. The lowest BCUT2D eigenvalue weighted by molar-refractivity contribution is -0.255. The normalized spacial score (nSPS) is 9.55. The first kappa shape index (κ1) is 7.94. The molecule has 0 radical (unpaired) electrons. The van der Waals surface area contributed by atoms with Gasteiger partial charge in [-0.25, -0.2) is 0 Å². The van der Waals surface area contributed by atoms with Crippen molar-refractivity contribution >= 4 is 18.2 Å². The van der Waals surface area contributed by atoms with E-state index in [0.29, 0.717) is 0 Å². The highest BCUT2D eigenvalue weighted by Gasteiger charge is 1.95. The molecule has 0 spiro atoms. The van der Waals surface area contributed by atoms with Crippen molar-refractivity contribution in [2.45, 2.75) is 0 Å². The second-order valence-corrected chi connectivity index (χ2v) is 2.51. The van der Waals surface area contributed by atoms with E-state index in [-0.39, 0.29) is 10.2 Å². The Balaban J connectivity index is 3.40. The number of pyridine rings is 1. The van der Waals surface area contributed by atoms with Crippen molar-refractivity contribution in [3.8, 4) is 0 Å². The van der Waals surface area contributed by atoms with Gasteiger partial charge in [0.2, 0.25) is 0 Å². The Morgan fingerprint density at radius 1 is 1.73 bits per heavy atom. The number of nitrogens with zero attached hydrogens (tertiary/aromatic N) is 1. The molecule has 0 saturated heterocycles. The quantitative estimate of drug-likeness (QED) is 0.559. The standard InChI is InChI=1S/C7H7NO2S/c1-8-4-2-3-5(6(8)11)7(9)10/h2-4H,1H3,(H,9,10)/p-1. The molecule has 0 aromatic carbocycles. The molecule has 0 aliphatic carbocycles. The van der Waals surface area contributed by atoms with Gasteiger partial charge in [0.05, 0.1) is 5.97 Å². The molecular weight excluding hydrogens is 162 g/mol. The zero-order valence-corrected chi connectivity index (χ0v) is 6.72. The molecule has 0 N–H and O–H groups in total. The van der Waals surface area contributed by atoms with E-state index in [1.54, 1.807) is 23.9 Å². The van der Waals surface area contributed by atoms with Crippen molar-refractivity contribution in [3.63, 3.8) is 0 Å². The van der Waals surface area contributed by atoms with Crippen LogP contribution in [0.3, 0.4) is 0 Å². The van der Waals surface area contributed by atoms with Crippen molar-refractivity contribution in [2.24, 2.45) is 7.05 Å². The van der Waals surface area contributed by atoms with Crippen LogP contribution in [0.1, 0.15) is 10.4 Å². The molecule has 1 aromatic rings. The monoisotopic (exact) mass is 168 g/mol. The Morgan fingerprint density at radius 2 is 2.36 bits per heavy atom. The van der Waals surface area contributed by atoms with Gasteiger partial charge in [0, 0.05) is 18.8 Å². The maximum atomic E-state index is 10.4. The van der Waals surface area contributed by atoms with Crippen LogP contribution in [-0.4, -0.2) is 10.5 Å². The van der Waals surface area contributed by atoms with E-state index >= 15 is 0 Å². The fourth-order valence-corrected chi connectivity index (χ4v) is 0.965. The molecule has 1 rings (SSSR count). The van der Waals surface area contributed by atoms with Crippen LogP contribution in [0.2, 0.25) is 0 Å². The Morgan fingerprint density at radius 3 is 2.82 bits per heavy atom. The number of carbonyl (C=O) groups is 1. The zero-order chi connectivity index (χ0) is 8.43. The third-order valence-corrected chi connectivity index (χ3v) is 1.85. The van der Waals surface area contributed by atoms with Gasteiger partial charge < -0.3 is 14.5 Å². The molecule has 58 valence electrons. The Hall–Kier alpha value is -1.16. The largest absolute Gasteiger partial charge is 0.545 e. The summed E-state index contributed by atoms with van der Waals surface area (Å²) in [7, 11) is 1.69. The van der Waals surface area contributed by atoms with E-state index in [0.717, 1.165) is 0 Å². The van der Waals surface area contributed by atoms with Crippen LogP contribution in [-0.2, 0) is 7.05 Å². The number of rotatable bonds is 1. The average Bonchev–Trinajstić information content (AvgIpc) is 1.94. The highest BCUT2D eigenvalue weighted by Crippen LogP contribution is 1.99. The maximum Gasteiger partial charge on any atom is 0.114 e. The van der Waals surface area contributed by atoms with Crippen LogP contribution in [0.5, 0.6) is 0 Å². The van der Waals surface area contributed by atoms with Crippen molar-refractivity contribution in [1.82, 2.24) is 4.57 Å². The van der Waals surface area contributed by atoms with Crippen LogP contribution >= 0.6 is 12.2 Å². The highest BCUT2D eigenvalue weighted by molar-refractivity contribution is 7.71. The number of hydrogen-bond acceptors (Lipinski definition) is 3. The van der Waals surface area contributed by atoms with Gasteiger partial charge in [0.25, 0.3) is 0 Å². The topological polar surface area (TPSA) is 45.1 Å². The van der Waals surface area contributed by atoms with E-state index < -0.39 is 5.97 Å². The number of aromatic carboxylic acids is 1. The molecule has 0 aliphatic heterocycles. The predicted octanol–water partition coefficient (Wildman–Crippen LogP) is 0.118. The molecule has 11 heavy (non-hydrogen) atoms. The number of hydrogen-bond donors (Lipinski definition) is 0. The van der Waals surface area contributed by atoms with Gasteiger partial charge in [-0.2, -0.15) is 0 Å². The van der Waals surface area contributed by atoms with Crippen LogP contribution in [0.25, 0.3) is 0 Å². The van der Waals surface area contributed by atoms with Crippen LogP contribution in [0, 0.1) is 4.64 Å². The van der Waals surface area contributed by atoms with Crippen LogP contribution in [0.4, 0.5) is 0 Å². The van der Waals surface area contributed by atoms with E-state index in [9.17, 15) is 9.90 Å². The summed E-state index contributed by atoms with van der Waals surface area (Å²) in [5, 5.41) is 10.4. The van der Waals surface area contributed by atoms with Gasteiger partial charge in [-0.1, -0.05) is 12.2 Å². The van der Waals surface area contributed by atoms with Gasteiger partial charge in [0.1, 0.15) is 4.64 Å². The number of carboxylic acids is 1. The third-order valence-electron chi connectivity index (χ3n) is 1.34. The fourth-order valence-electron chi connectivity index (χ4n) is 0.753. The molecule has 4 heteroatoms. The summed E-state index contributed by atoms with van der Waals surface area (Å²) in [6.07, 6.45) is 1.69. The van der Waals surface area contributed by atoms with E-state index in [1.165, 1.54) is 6.07 Å². The number of carboxylic acid groups (broad SMARTS) is 1. The molecule has 3 nitrogen and oxygen atoms in total. The Labute approximate surface area is 68.9 Å². The van der Waals surface area contributed by atoms with Crippen LogP contribution < -0.4 is 5.11 Å². The number of carbonyl (C=O) groups excluding carboxylic acids is 1. The summed E-state index contributed by atoms with van der Waals surface area (Å²) in [4.78, 5) is 10.4. The van der Waals surface area contributed by atoms with Gasteiger partial charge in [-0.15, -0.1) is 0 Å². The summed E-state index contributed by atoms with van der Waals surface area (Å²) in [5.74, 6) is -1.23. The van der Waals surface area contributed by atoms with Gasteiger partial charge in [-0.05, 0) is 12.1 Å². The molecule has 0 amide bonds.